The van der Waals surface area contributed by atoms with Crippen LogP contribution in [0.25, 0.3) is 0 Å². The lowest BCUT2D eigenvalue weighted by Crippen LogP contribution is -2.41. The highest BCUT2D eigenvalue weighted by molar-refractivity contribution is 5.82. The van der Waals surface area contributed by atoms with Crippen LogP contribution < -0.4 is 0 Å². The van der Waals surface area contributed by atoms with Crippen molar-refractivity contribution in [2.75, 3.05) is 13.1 Å². The third-order valence-electron chi connectivity index (χ3n) is 8.51. The highest BCUT2D eigenvalue weighted by atomic mass is 16.2. The molecule has 1 spiro atoms. The molecular formula is C23H37N3O. The van der Waals surface area contributed by atoms with E-state index in [4.69, 9.17) is 0 Å². The van der Waals surface area contributed by atoms with Crippen molar-refractivity contribution in [1.82, 2.24) is 14.5 Å². The largest absolute Gasteiger partial charge is 0.342 e. The number of piperidine rings is 1. The van der Waals surface area contributed by atoms with Crippen molar-refractivity contribution >= 4 is 5.91 Å². The number of aromatic nitrogens is 2. The number of aryl methyl sites for hydroxylation is 1. The van der Waals surface area contributed by atoms with Crippen molar-refractivity contribution < 1.29 is 4.79 Å². The van der Waals surface area contributed by atoms with Crippen LogP contribution in [0.15, 0.2) is 12.5 Å². The number of nitrogens with zero attached hydrogens (tertiary/aromatic N) is 3. The summed E-state index contributed by atoms with van der Waals surface area (Å²) in [6, 6.07) is 0.511. The predicted molar refractivity (Wildman–Crippen MR) is 108 cm³/mol. The minimum absolute atomic E-state index is 0.328. The molecule has 2 aliphatic carbocycles. The molecule has 1 atom stereocenters. The molecule has 1 saturated heterocycles. The van der Waals surface area contributed by atoms with E-state index in [1.54, 1.807) is 0 Å². The molecule has 2 saturated carbocycles. The Kier molecular flexibility index (Phi) is 4.88. The molecule has 27 heavy (non-hydrogen) atoms. The van der Waals surface area contributed by atoms with E-state index < -0.39 is 0 Å². The molecule has 1 aliphatic heterocycles. The van der Waals surface area contributed by atoms with E-state index in [2.05, 4.69) is 42.1 Å². The number of amides is 1. The van der Waals surface area contributed by atoms with Crippen LogP contribution in [0.4, 0.5) is 0 Å². The molecule has 4 nitrogen and oxygen atoms in total. The summed E-state index contributed by atoms with van der Waals surface area (Å²) in [4.78, 5) is 19.6. The molecule has 1 amide bonds. The minimum atomic E-state index is 0.328. The lowest BCUT2D eigenvalue weighted by molar-refractivity contribution is -0.135. The molecule has 0 N–H and O–H groups in total. The van der Waals surface area contributed by atoms with E-state index in [-0.39, 0.29) is 0 Å². The maximum atomic E-state index is 13.1. The lowest BCUT2D eigenvalue weighted by Gasteiger charge is -2.40. The Labute approximate surface area is 164 Å². The Morgan fingerprint density at radius 3 is 2.44 bits per heavy atom. The standard InChI is InChI=1S/C23H37N3O/c1-5-22(3,4)18-6-10-23(11-7-18)14-20(23)21(27)25-12-8-19(9-13-25)26-16-24-15-17(26)2/h15-16,18-20H,5-14H2,1-4H3. The topological polar surface area (TPSA) is 38.1 Å². The quantitative estimate of drug-likeness (QED) is 0.748. The summed E-state index contributed by atoms with van der Waals surface area (Å²) in [5.74, 6) is 1.64. The van der Waals surface area contributed by atoms with Crippen LogP contribution in [0.2, 0.25) is 0 Å². The van der Waals surface area contributed by atoms with Crippen LogP contribution in [-0.4, -0.2) is 33.4 Å². The molecule has 150 valence electrons. The molecule has 3 aliphatic rings. The van der Waals surface area contributed by atoms with Crippen molar-refractivity contribution in [3.05, 3.63) is 18.2 Å². The second kappa shape index (κ2) is 6.93. The van der Waals surface area contributed by atoms with Crippen LogP contribution in [0.1, 0.15) is 83.9 Å². The third-order valence-corrected chi connectivity index (χ3v) is 8.51. The zero-order valence-corrected chi connectivity index (χ0v) is 17.7. The molecular weight excluding hydrogens is 334 g/mol. The first-order valence-electron chi connectivity index (χ1n) is 11.1. The van der Waals surface area contributed by atoms with E-state index in [9.17, 15) is 4.79 Å². The zero-order chi connectivity index (χ0) is 19.2. The number of hydrogen-bond acceptors (Lipinski definition) is 2. The molecule has 0 aromatic carbocycles. The van der Waals surface area contributed by atoms with Gasteiger partial charge in [0.05, 0.1) is 6.33 Å². The van der Waals surface area contributed by atoms with Gasteiger partial charge in [0.25, 0.3) is 0 Å². The Hall–Kier alpha value is -1.32. The van der Waals surface area contributed by atoms with Crippen LogP contribution in [0.5, 0.6) is 0 Å². The van der Waals surface area contributed by atoms with E-state index in [0.717, 1.165) is 38.3 Å². The highest BCUT2D eigenvalue weighted by Crippen LogP contribution is 2.64. The van der Waals surface area contributed by atoms with Gasteiger partial charge in [-0.1, -0.05) is 27.2 Å². The zero-order valence-electron chi connectivity index (χ0n) is 17.7. The first kappa shape index (κ1) is 19.0. The Morgan fingerprint density at radius 2 is 1.89 bits per heavy atom. The first-order valence-corrected chi connectivity index (χ1v) is 11.1. The highest BCUT2D eigenvalue weighted by Gasteiger charge is 2.60. The summed E-state index contributed by atoms with van der Waals surface area (Å²) in [7, 11) is 0. The molecule has 0 radical (unpaired) electrons. The van der Waals surface area contributed by atoms with Gasteiger partial charge >= 0.3 is 0 Å². The van der Waals surface area contributed by atoms with Gasteiger partial charge in [-0.15, -0.1) is 0 Å². The first-order chi connectivity index (χ1) is 12.9. The van der Waals surface area contributed by atoms with Crippen LogP contribution in [0, 0.1) is 29.6 Å². The fourth-order valence-corrected chi connectivity index (χ4v) is 5.85. The second-order valence-corrected chi connectivity index (χ2v) is 10.2. The van der Waals surface area contributed by atoms with Gasteiger partial charge < -0.3 is 9.47 Å². The van der Waals surface area contributed by atoms with Gasteiger partial charge in [0.1, 0.15) is 0 Å². The summed E-state index contributed by atoms with van der Waals surface area (Å²) >= 11 is 0. The predicted octanol–water partition coefficient (Wildman–Crippen LogP) is 4.99. The Morgan fingerprint density at radius 1 is 1.22 bits per heavy atom. The third kappa shape index (κ3) is 3.45. The van der Waals surface area contributed by atoms with Crippen molar-refractivity contribution in [3.63, 3.8) is 0 Å². The molecule has 1 aromatic heterocycles. The maximum Gasteiger partial charge on any atom is 0.226 e. The van der Waals surface area contributed by atoms with E-state index in [1.807, 2.05) is 12.5 Å². The summed E-state index contributed by atoms with van der Waals surface area (Å²) < 4.78 is 2.29. The molecule has 0 bridgehead atoms. The van der Waals surface area contributed by atoms with Crippen molar-refractivity contribution in [2.24, 2.45) is 22.7 Å². The van der Waals surface area contributed by atoms with Gasteiger partial charge in [-0.2, -0.15) is 0 Å². The van der Waals surface area contributed by atoms with Crippen LogP contribution in [-0.2, 0) is 4.79 Å². The lowest BCUT2D eigenvalue weighted by atomic mass is 9.66. The molecule has 1 aromatic rings. The summed E-state index contributed by atoms with van der Waals surface area (Å²) in [5.41, 5.74) is 2.06. The summed E-state index contributed by atoms with van der Waals surface area (Å²) in [6.07, 6.45) is 13.6. The van der Waals surface area contributed by atoms with Crippen molar-refractivity contribution in [1.29, 1.82) is 0 Å². The fraction of sp³-hybridized carbons (Fsp3) is 0.826. The van der Waals surface area contributed by atoms with E-state index in [1.165, 1.54) is 37.8 Å². The number of imidazole rings is 1. The van der Waals surface area contributed by atoms with Crippen LogP contribution >= 0.6 is 0 Å². The van der Waals surface area contributed by atoms with Gasteiger partial charge in [-0.3, -0.25) is 4.79 Å². The molecule has 3 fully saturated rings. The van der Waals surface area contributed by atoms with Gasteiger partial charge in [0, 0.05) is 36.9 Å². The van der Waals surface area contributed by atoms with Crippen LogP contribution in [0.3, 0.4) is 0 Å². The van der Waals surface area contributed by atoms with Gasteiger partial charge in [0.2, 0.25) is 5.91 Å². The van der Waals surface area contributed by atoms with E-state index >= 15 is 0 Å². The molecule has 1 unspecified atom stereocenters. The summed E-state index contributed by atoms with van der Waals surface area (Å²) in [6.45, 7) is 11.1. The summed E-state index contributed by atoms with van der Waals surface area (Å²) in [5, 5.41) is 0. The van der Waals surface area contributed by atoms with Gasteiger partial charge in [0.15, 0.2) is 0 Å². The smallest absolute Gasteiger partial charge is 0.226 e. The van der Waals surface area contributed by atoms with Gasteiger partial charge in [-0.05, 0) is 68.6 Å². The number of hydrogen-bond donors (Lipinski definition) is 0. The second-order valence-electron chi connectivity index (χ2n) is 10.2. The molecule has 2 heterocycles. The number of likely N-dealkylation sites (tertiary alicyclic amines) is 1. The van der Waals surface area contributed by atoms with E-state index in [0.29, 0.717) is 28.7 Å². The Bertz CT molecular complexity index is 676. The van der Waals surface area contributed by atoms with Crippen molar-refractivity contribution in [3.8, 4) is 0 Å². The molecule has 4 rings (SSSR count). The maximum absolute atomic E-state index is 13.1. The average Bonchev–Trinajstić information content (AvgIpc) is 3.19. The number of carbonyl (C=O) groups excluding carboxylic acids is 1. The number of carbonyl (C=O) groups is 1. The number of rotatable bonds is 4. The average molecular weight is 372 g/mol. The Balaban J connectivity index is 1.29. The van der Waals surface area contributed by atoms with Crippen molar-refractivity contribution in [2.45, 2.75) is 85.1 Å². The monoisotopic (exact) mass is 371 g/mol. The molecule has 4 heteroatoms. The SMILES string of the molecule is CCC(C)(C)C1CCC2(CC1)CC2C(=O)N1CCC(n2cncc2C)CC1. The fourth-order valence-electron chi connectivity index (χ4n) is 5.85. The minimum Gasteiger partial charge on any atom is -0.342 e. The normalized spacial score (nSPS) is 32.1. The van der Waals surface area contributed by atoms with Gasteiger partial charge in [-0.25, -0.2) is 4.98 Å².